The van der Waals surface area contributed by atoms with Crippen LogP contribution in [0.1, 0.15) is 5.56 Å². The molecular formula is C31H27F3N6O5. The Labute approximate surface area is 253 Å². The van der Waals surface area contributed by atoms with Crippen molar-refractivity contribution in [1.82, 2.24) is 24.4 Å². The third kappa shape index (κ3) is 6.55. The van der Waals surface area contributed by atoms with Gasteiger partial charge in [0.15, 0.2) is 0 Å². The molecule has 0 bridgehead atoms. The van der Waals surface area contributed by atoms with Crippen LogP contribution >= 0.6 is 0 Å². The number of carboxylic acid groups (broad SMARTS) is 2. The van der Waals surface area contributed by atoms with Crippen molar-refractivity contribution in [3.63, 3.8) is 0 Å². The molecule has 2 aromatic carbocycles. The van der Waals surface area contributed by atoms with Crippen molar-refractivity contribution in [2.75, 3.05) is 31.1 Å². The number of aromatic nitrogens is 4. The van der Waals surface area contributed by atoms with E-state index in [1.807, 2.05) is 30.3 Å². The number of fused-ring (bicyclic) bond motifs is 3. The van der Waals surface area contributed by atoms with Crippen molar-refractivity contribution in [3.8, 4) is 16.8 Å². The third-order valence-electron chi connectivity index (χ3n) is 7.25. The Balaban J connectivity index is 0.000000444. The molecule has 1 aliphatic heterocycles. The number of aliphatic carboxylic acids is 2. The summed E-state index contributed by atoms with van der Waals surface area (Å²) in [6.45, 7) is 2.17. The van der Waals surface area contributed by atoms with Crippen LogP contribution in [-0.2, 0) is 22.8 Å². The summed E-state index contributed by atoms with van der Waals surface area (Å²) in [6.07, 6.45) is 1.53. The number of carboxylic acids is 2. The van der Waals surface area contributed by atoms with Crippen LogP contribution in [0.3, 0.4) is 0 Å². The molecule has 5 aromatic rings. The lowest BCUT2D eigenvalue weighted by Gasteiger charge is -2.31. The van der Waals surface area contributed by atoms with Gasteiger partial charge in [-0.15, -0.1) is 0 Å². The quantitative estimate of drug-likeness (QED) is 0.248. The number of pyridine rings is 2. The first-order chi connectivity index (χ1) is 21.5. The average Bonchev–Trinajstić information content (AvgIpc) is 3.29. The molecule has 0 amide bonds. The average molecular weight is 621 g/mol. The summed E-state index contributed by atoms with van der Waals surface area (Å²) in [7, 11) is 1.60. The van der Waals surface area contributed by atoms with Gasteiger partial charge in [-0.1, -0.05) is 12.1 Å². The molecule has 11 nitrogen and oxygen atoms in total. The number of benzene rings is 2. The summed E-state index contributed by atoms with van der Waals surface area (Å²) in [5.74, 6) is -2.51. The zero-order valence-corrected chi connectivity index (χ0v) is 23.8. The fraction of sp³-hybridized carbons (Fsp3) is 0.194. The molecule has 4 heterocycles. The van der Waals surface area contributed by atoms with E-state index in [4.69, 9.17) is 10.2 Å². The lowest BCUT2D eigenvalue weighted by atomic mass is 10.0. The van der Waals surface area contributed by atoms with E-state index < -0.39 is 29.4 Å². The Morgan fingerprint density at radius 2 is 1.67 bits per heavy atom. The summed E-state index contributed by atoms with van der Waals surface area (Å²) >= 11 is 0. The summed E-state index contributed by atoms with van der Waals surface area (Å²) in [6, 6.07) is 13.5. The molecule has 1 aliphatic rings. The van der Waals surface area contributed by atoms with Gasteiger partial charge in [0.2, 0.25) is 0 Å². The number of rotatable bonds is 5. The molecule has 0 aliphatic carbocycles. The van der Waals surface area contributed by atoms with Gasteiger partial charge in [0, 0.05) is 74.4 Å². The van der Waals surface area contributed by atoms with Crippen LogP contribution in [-0.4, -0.2) is 67.4 Å². The first kappa shape index (κ1) is 30.9. The fourth-order valence-electron chi connectivity index (χ4n) is 5.16. The maximum atomic E-state index is 14.3. The minimum Gasteiger partial charge on any atom is -0.478 e. The van der Waals surface area contributed by atoms with Gasteiger partial charge in [-0.2, -0.15) is 13.2 Å². The number of hydrogen-bond acceptors (Lipinski definition) is 7. The molecule has 6 rings (SSSR count). The van der Waals surface area contributed by atoms with Gasteiger partial charge in [-0.25, -0.2) is 14.4 Å². The Morgan fingerprint density at radius 3 is 2.29 bits per heavy atom. The molecule has 0 radical (unpaired) electrons. The summed E-state index contributed by atoms with van der Waals surface area (Å²) in [4.78, 5) is 42.9. The van der Waals surface area contributed by atoms with Gasteiger partial charge in [0.05, 0.1) is 34.0 Å². The number of hydrogen-bond donors (Lipinski definition) is 3. The highest BCUT2D eigenvalue weighted by atomic mass is 19.4. The summed E-state index contributed by atoms with van der Waals surface area (Å²) in [5, 5.41) is 19.5. The molecule has 1 fully saturated rings. The van der Waals surface area contributed by atoms with Crippen LogP contribution in [0.5, 0.6) is 0 Å². The van der Waals surface area contributed by atoms with Gasteiger partial charge in [0.25, 0.3) is 0 Å². The van der Waals surface area contributed by atoms with E-state index in [0.717, 1.165) is 17.2 Å². The highest BCUT2D eigenvalue weighted by molar-refractivity contribution is 6.04. The van der Waals surface area contributed by atoms with Gasteiger partial charge in [0.1, 0.15) is 0 Å². The number of piperazine rings is 1. The summed E-state index contributed by atoms with van der Waals surface area (Å²) < 4.78 is 45.5. The number of imidazole rings is 1. The fourth-order valence-corrected chi connectivity index (χ4v) is 5.16. The van der Waals surface area contributed by atoms with E-state index in [-0.39, 0.29) is 11.4 Å². The lowest BCUT2D eigenvalue weighted by molar-refractivity contribution is -0.137. The van der Waals surface area contributed by atoms with E-state index in [0.29, 0.717) is 60.3 Å². The number of nitrogens with zero attached hydrogens (tertiary/aromatic N) is 5. The van der Waals surface area contributed by atoms with Crippen molar-refractivity contribution in [3.05, 3.63) is 95.3 Å². The zero-order valence-electron chi connectivity index (χ0n) is 23.8. The second-order valence-electron chi connectivity index (χ2n) is 10.1. The predicted molar refractivity (Wildman–Crippen MR) is 162 cm³/mol. The zero-order chi connectivity index (χ0) is 32.3. The molecule has 1 saturated heterocycles. The number of aryl methyl sites for hydroxylation is 1. The molecule has 0 unspecified atom stereocenters. The van der Waals surface area contributed by atoms with E-state index in [1.54, 1.807) is 36.6 Å². The Hall–Kier alpha value is -5.50. The molecule has 45 heavy (non-hydrogen) atoms. The van der Waals surface area contributed by atoms with Crippen LogP contribution in [0.4, 0.5) is 18.9 Å². The summed E-state index contributed by atoms with van der Waals surface area (Å²) in [5.41, 5.74) is 2.48. The normalized spacial score (nSPS) is 13.6. The number of halogens is 3. The van der Waals surface area contributed by atoms with Crippen LogP contribution in [0.15, 0.2) is 84.1 Å². The molecule has 232 valence electrons. The first-order valence-corrected chi connectivity index (χ1v) is 13.7. The molecular weight excluding hydrogens is 593 g/mol. The van der Waals surface area contributed by atoms with E-state index in [1.165, 1.54) is 15.2 Å². The van der Waals surface area contributed by atoms with Crippen molar-refractivity contribution in [2.24, 2.45) is 7.05 Å². The molecule has 3 aromatic heterocycles. The van der Waals surface area contributed by atoms with Crippen LogP contribution in [0.2, 0.25) is 0 Å². The van der Waals surface area contributed by atoms with Gasteiger partial charge >= 0.3 is 23.8 Å². The predicted octanol–water partition coefficient (Wildman–Crippen LogP) is 4.08. The van der Waals surface area contributed by atoms with Crippen LogP contribution in [0, 0.1) is 0 Å². The Morgan fingerprint density at radius 1 is 0.956 bits per heavy atom. The molecule has 0 spiro atoms. The molecule has 14 heteroatoms. The largest absolute Gasteiger partial charge is 0.478 e. The monoisotopic (exact) mass is 620 g/mol. The Bertz CT molecular complexity index is 1960. The van der Waals surface area contributed by atoms with Gasteiger partial charge < -0.3 is 20.4 Å². The Kier molecular flexibility index (Phi) is 8.68. The molecule has 0 saturated carbocycles. The van der Waals surface area contributed by atoms with E-state index in [2.05, 4.69) is 15.3 Å². The van der Waals surface area contributed by atoms with Crippen LogP contribution < -0.4 is 15.9 Å². The van der Waals surface area contributed by atoms with Crippen molar-refractivity contribution >= 4 is 39.6 Å². The number of carbonyl (C=O) groups is 2. The SMILES string of the molecule is Cn1c(=O)n(-c2ccc(N3CCNCC3)c(C(F)(F)F)c2)c2c3cc(-c4cccnc4)ccc3ncc21.O=C(O)/C=C\C(=O)O. The third-order valence-corrected chi connectivity index (χ3v) is 7.25. The maximum absolute atomic E-state index is 14.3. The molecule has 3 N–H and O–H groups in total. The number of anilines is 1. The minimum absolute atomic E-state index is 0.122. The smallest absolute Gasteiger partial charge is 0.418 e. The highest BCUT2D eigenvalue weighted by Crippen LogP contribution is 2.39. The van der Waals surface area contributed by atoms with Crippen molar-refractivity contribution in [1.29, 1.82) is 0 Å². The topological polar surface area (TPSA) is 143 Å². The lowest BCUT2D eigenvalue weighted by Crippen LogP contribution is -2.44. The molecule has 0 atom stereocenters. The second-order valence-corrected chi connectivity index (χ2v) is 10.1. The number of alkyl halides is 3. The first-order valence-electron chi connectivity index (χ1n) is 13.7. The minimum atomic E-state index is -4.58. The van der Waals surface area contributed by atoms with Crippen molar-refractivity contribution in [2.45, 2.75) is 6.18 Å². The van der Waals surface area contributed by atoms with Gasteiger partial charge in [-0.3, -0.25) is 19.1 Å². The second kappa shape index (κ2) is 12.6. The van der Waals surface area contributed by atoms with Crippen molar-refractivity contribution < 1.29 is 33.0 Å². The van der Waals surface area contributed by atoms with Gasteiger partial charge in [-0.05, 0) is 42.0 Å². The maximum Gasteiger partial charge on any atom is 0.418 e. The highest BCUT2D eigenvalue weighted by Gasteiger charge is 2.36. The van der Waals surface area contributed by atoms with E-state index >= 15 is 0 Å². The van der Waals surface area contributed by atoms with E-state index in [9.17, 15) is 27.6 Å². The number of nitrogens with one attached hydrogen (secondary N) is 1. The standard InChI is InChI=1S/C27H23F3N6O.C4H4O4/c1-34-24-16-33-22-6-4-17(18-3-2-8-32-15-18)13-20(22)25(24)36(26(34)37)19-5-7-23(21(14-19)27(28,29)30)35-11-9-31-10-12-35;5-3(6)1-2-4(7)8/h2-8,13-16,31H,9-12H2,1H3;1-2H,(H,5,6)(H,7,8)/b;2-1-. The van der Waals surface area contributed by atoms with Crippen LogP contribution in [0.25, 0.3) is 38.8 Å².